The van der Waals surface area contributed by atoms with Crippen LogP contribution in [-0.4, -0.2) is 24.7 Å². The Hall–Kier alpha value is -3.41. The maximum Gasteiger partial charge on any atom is 0.573 e. The van der Waals surface area contributed by atoms with Crippen molar-refractivity contribution in [3.05, 3.63) is 66.7 Å². The first-order valence-corrected chi connectivity index (χ1v) is 9.24. The number of rotatable bonds is 6. The lowest BCUT2D eigenvalue weighted by molar-refractivity contribution is -0.275. The molecule has 0 aliphatic rings. The second-order valence-electron chi connectivity index (χ2n) is 5.39. The van der Waals surface area contributed by atoms with E-state index in [4.69, 9.17) is 4.74 Å². The van der Waals surface area contributed by atoms with Gasteiger partial charge in [0.2, 0.25) is 0 Å². The Kier molecular flexibility index (Phi) is 5.55. The lowest BCUT2D eigenvalue weighted by atomic mass is 10.3. The fraction of sp³-hybridized carbons (Fsp3) is 0.0588. The highest BCUT2D eigenvalue weighted by atomic mass is 32.2. The minimum atomic E-state index is -5.07. The fourth-order valence-corrected chi connectivity index (χ4v) is 3.30. The third-order valence-electron chi connectivity index (χ3n) is 3.28. The summed E-state index contributed by atoms with van der Waals surface area (Å²) >= 11 is 0. The molecule has 0 radical (unpaired) electrons. The van der Waals surface area contributed by atoms with E-state index in [-0.39, 0.29) is 17.4 Å². The van der Waals surface area contributed by atoms with Gasteiger partial charge in [-0.3, -0.25) is 4.72 Å². The van der Waals surface area contributed by atoms with E-state index in [0.717, 1.165) is 30.6 Å². The van der Waals surface area contributed by atoms with E-state index in [1.165, 1.54) is 30.3 Å². The van der Waals surface area contributed by atoms with Crippen LogP contribution in [0.15, 0.2) is 65.8 Å². The molecule has 1 N–H and O–H groups in total. The van der Waals surface area contributed by atoms with Gasteiger partial charge in [0.1, 0.15) is 10.6 Å². The molecule has 0 bridgehead atoms. The smallest absolute Gasteiger partial charge is 0.421 e. The van der Waals surface area contributed by atoms with Gasteiger partial charge < -0.3 is 9.47 Å². The van der Waals surface area contributed by atoms with E-state index in [2.05, 4.69) is 14.7 Å². The standard InChI is InChI=1S/C17H11F4N3O4S/c18-12-5-1-2-6-13(12)27-16-22-9-11(10-23-16)24-29(25,26)15-8-4-3-7-14(15)28-17(19,20)21/h1-10,24H. The van der Waals surface area contributed by atoms with Crippen LogP contribution in [0.4, 0.5) is 23.2 Å². The first-order chi connectivity index (χ1) is 13.6. The van der Waals surface area contributed by atoms with Gasteiger partial charge >= 0.3 is 12.4 Å². The third kappa shape index (κ3) is 5.31. The van der Waals surface area contributed by atoms with Crippen molar-refractivity contribution in [1.29, 1.82) is 0 Å². The number of ether oxygens (including phenoxy) is 2. The van der Waals surface area contributed by atoms with Gasteiger partial charge in [-0.05, 0) is 24.3 Å². The summed E-state index contributed by atoms with van der Waals surface area (Å²) in [6, 6.07) is 9.47. The van der Waals surface area contributed by atoms with Crippen LogP contribution in [0, 0.1) is 5.82 Å². The van der Waals surface area contributed by atoms with Crippen LogP contribution in [0.2, 0.25) is 0 Å². The molecule has 0 fully saturated rings. The van der Waals surface area contributed by atoms with Crippen molar-refractivity contribution in [3.8, 4) is 17.5 Å². The number of anilines is 1. The quantitative estimate of drug-likeness (QED) is 0.594. The molecule has 0 saturated heterocycles. The van der Waals surface area contributed by atoms with Crippen LogP contribution in [0.5, 0.6) is 17.5 Å². The Morgan fingerprint density at radius 3 is 2.10 bits per heavy atom. The Balaban J connectivity index is 1.79. The average Bonchev–Trinajstić information content (AvgIpc) is 2.64. The predicted octanol–water partition coefficient (Wildman–Crippen LogP) is 4.11. The summed E-state index contributed by atoms with van der Waals surface area (Å²) in [6.07, 6.45) is -3.05. The maximum atomic E-state index is 13.6. The fourth-order valence-electron chi connectivity index (χ4n) is 2.14. The van der Waals surface area contributed by atoms with Crippen LogP contribution in [0.25, 0.3) is 0 Å². The zero-order valence-corrected chi connectivity index (χ0v) is 15.0. The molecule has 0 spiro atoms. The second-order valence-corrected chi connectivity index (χ2v) is 7.04. The molecule has 7 nitrogen and oxygen atoms in total. The first kappa shape index (κ1) is 20.3. The third-order valence-corrected chi connectivity index (χ3v) is 4.70. The number of benzene rings is 2. The van der Waals surface area contributed by atoms with Crippen molar-refractivity contribution in [2.75, 3.05) is 4.72 Å². The molecule has 0 aliphatic heterocycles. The van der Waals surface area contributed by atoms with E-state index >= 15 is 0 Å². The molecule has 12 heteroatoms. The van der Waals surface area contributed by atoms with Crippen molar-refractivity contribution < 1.29 is 35.5 Å². The Morgan fingerprint density at radius 2 is 1.48 bits per heavy atom. The highest BCUT2D eigenvalue weighted by Crippen LogP contribution is 2.30. The number of nitrogens with zero attached hydrogens (tertiary/aromatic N) is 2. The number of halogens is 4. The Labute approximate surface area is 162 Å². The van der Waals surface area contributed by atoms with Gasteiger partial charge in [0.05, 0.1) is 18.1 Å². The summed E-state index contributed by atoms with van der Waals surface area (Å²) in [5.41, 5.74) is -0.160. The molecule has 29 heavy (non-hydrogen) atoms. The molecule has 2 aromatic carbocycles. The van der Waals surface area contributed by atoms with Crippen LogP contribution in [0.3, 0.4) is 0 Å². The summed E-state index contributed by atoms with van der Waals surface area (Å²) < 4.78 is 86.8. The van der Waals surface area contributed by atoms with Gasteiger partial charge in [0.25, 0.3) is 10.0 Å². The van der Waals surface area contributed by atoms with Crippen LogP contribution in [-0.2, 0) is 10.0 Å². The number of hydrogen-bond donors (Lipinski definition) is 1. The lowest BCUT2D eigenvalue weighted by Crippen LogP contribution is -2.21. The average molecular weight is 429 g/mol. The lowest BCUT2D eigenvalue weighted by Gasteiger charge is -2.14. The van der Waals surface area contributed by atoms with Crippen LogP contribution >= 0.6 is 0 Å². The highest BCUT2D eigenvalue weighted by molar-refractivity contribution is 7.92. The van der Waals surface area contributed by atoms with E-state index in [1.807, 2.05) is 4.72 Å². The van der Waals surface area contributed by atoms with Crippen molar-refractivity contribution in [3.63, 3.8) is 0 Å². The van der Waals surface area contributed by atoms with Crippen LogP contribution < -0.4 is 14.2 Å². The summed E-state index contributed by atoms with van der Waals surface area (Å²) in [4.78, 5) is 6.74. The molecule has 1 aromatic heterocycles. The predicted molar refractivity (Wildman–Crippen MR) is 92.4 cm³/mol. The van der Waals surface area contributed by atoms with E-state index < -0.39 is 32.8 Å². The largest absolute Gasteiger partial charge is 0.573 e. The topological polar surface area (TPSA) is 90.4 Å². The molecule has 3 aromatic rings. The van der Waals surface area contributed by atoms with Gasteiger partial charge in [-0.25, -0.2) is 22.8 Å². The molecular formula is C17H11F4N3O4S. The monoisotopic (exact) mass is 429 g/mol. The molecule has 152 valence electrons. The minimum Gasteiger partial charge on any atom is -0.421 e. The number of aromatic nitrogens is 2. The molecule has 0 atom stereocenters. The summed E-state index contributed by atoms with van der Waals surface area (Å²) in [6.45, 7) is 0. The van der Waals surface area contributed by atoms with E-state index in [0.29, 0.717) is 0 Å². The summed E-state index contributed by atoms with van der Waals surface area (Å²) in [7, 11) is -4.45. The minimum absolute atomic E-state index is 0.140. The van der Waals surface area contributed by atoms with Gasteiger partial charge in [0, 0.05) is 0 Å². The molecule has 0 amide bonds. The summed E-state index contributed by atoms with van der Waals surface area (Å²) in [5, 5.41) is 0. The molecule has 0 saturated carbocycles. The van der Waals surface area contributed by atoms with Gasteiger partial charge in [-0.15, -0.1) is 13.2 Å². The highest BCUT2D eigenvalue weighted by Gasteiger charge is 2.34. The molecular weight excluding hydrogens is 418 g/mol. The first-order valence-electron chi connectivity index (χ1n) is 7.76. The number of nitrogens with one attached hydrogen (secondary N) is 1. The SMILES string of the molecule is O=S(=O)(Nc1cnc(Oc2ccccc2F)nc1)c1ccccc1OC(F)(F)F. The van der Waals surface area contributed by atoms with Gasteiger partial charge in [0.15, 0.2) is 11.6 Å². The van der Waals surface area contributed by atoms with Crippen molar-refractivity contribution >= 4 is 15.7 Å². The number of hydrogen-bond acceptors (Lipinski definition) is 6. The number of alkyl halides is 3. The molecule has 0 unspecified atom stereocenters. The van der Waals surface area contributed by atoms with Crippen LogP contribution in [0.1, 0.15) is 0 Å². The van der Waals surface area contributed by atoms with Crippen molar-refractivity contribution in [1.82, 2.24) is 9.97 Å². The second kappa shape index (κ2) is 7.91. The summed E-state index contributed by atoms with van der Waals surface area (Å²) in [5.74, 6) is -1.69. The van der Waals surface area contributed by atoms with Crippen molar-refractivity contribution in [2.45, 2.75) is 11.3 Å². The Morgan fingerprint density at radius 1 is 0.897 bits per heavy atom. The number of sulfonamides is 1. The molecule has 1 heterocycles. The number of para-hydroxylation sites is 2. The normalized spacial score (nSPS) is 11.7. The zero-order chi connectivity index (χ0) is 21.1. The van der Waals surface area contributed by atoms with Gasteiger partial charge in [-0.1, -0.05) is 24.3 Å². The van der Waals surface area contributed by atoms with Gasteiger partial charge in [-0.2, -0.15) is 0 Å². The Bertz CT molecular complexity index is 1110. The van der Waals surface area contributed by atoms with E-state index in [1.54, 1.807) is 0 Å². The van der Waals surface area contributed by atoms with E-state index in [9.17, 15) is 26.0 Å². The van der Waals surface area contributed by atoms with Crippen molar-refractivity contribution in [2.24, 2.45) is 0 Å². The maximum absolute atomic E-state index is 13.6. The molecule has 3 rings (SSSR count). The molecule has 0 aliphatic carbocycles. The zero-order valence-electron chi connectivity index (χ0n) is 14.2.